The average molecular weight is 346 g/mol. The Morgan fingerprint density at radius 3 is 2.79 bits per heavy atom. The van der Waals surface area contributed by atoms with E-state index in [1.807, 2.05) is 0 Å². The van der Waals surface area contributed by atoms with Crippen LogP contribution in [0.1, 0.15) is 11.3 Å². The molecule has 0 fully saturated rings. The molecule has 0 saturated heterocycles. The van der Waals surface area contributed by atoms with Gasteiger partial charge in [0.2, 0.25) is 5.09 Å². The van der Waals surface area contributed by atoms with Crippen LogP contribution in [0, 0.1) is 6.92 Å². The van der Waals surface area contributed by atoms with Crippen LogP contribution < -0.4 is 10.5 Å². The van der Waals surface area contributed by atoms with E-state index >= 15 is 0 Å². The van der Waals surface area contributed by atoms with Crippen LogP contribution in [0.15, 0.2) is 38.4 Å². The Labute approximate surface area is 119 Å². The van der Waals surface area contributed by atoms with E-state index in [0.717, 1.165) is 4.47 Å². The molecule has 0 aromatic carbocycles. The second kappa shape index (κ2) is 5.32. The lowest BCUT2D eigenvalue weighted by Crippen LogP contribution is -2.14. The Kier molecular flexibility index (Phi) is 3.93. The van der Waals surface area contributed by atoms with E-state index in [1.54, 1.807) is 13.0 Å². The van der Waals surface area contributed by atoms with E-state index in [1.165, 1.54) is 18.3 Å². The summed E-state index contributed by atoms with van der Waals surface area (Å²) in [5.74, 6) is 0.662. The predicted octanol–water partition coefficient (Wildman–Crippen LogP) is 2.01. The van der Waals surface area contributed by atoms with Crippen molar-refractivity contribution < 1.29 is 12.8 Å². The van der Waals surface area contributed by atoms with Crippen LogP contribution in [0.3, 0.4) is 0 Å². The topological polar surface area (TPSA) is 98.2 Å². The summed E-state index contributed by atoms with van der Waals surface area (Å²) < 4.78 is 32.4. The van der Waals surface area contributed by atoms with Crippen molar-refractivity contribution in [1.82, 2.24) is 4.98 Å². The summed E-state index contributed by atoms with van der Waals surface area (Å²) in [4.78, 5) is 4.01. The number of aryl methyl sites for hydroxylation is 1. The maximum Gasteiger partial charge on any atom is 0.296 e. The summed E-state index contributed by atoms with van der Waals surface area (Å²) in [5.41, 5.74) is 6.07. The lowest BCUT2D eigenvalue weighted by Gasteiger charge is -2.07. The third-order valence-electron chi connectivity index (χ3n) is 2.38. The van der Waals surface area contributed by atoms with Crippen LogP contribution in [0.2, 0.25) is 0 Å². The number of rotatable bonds is 4. The number of nitrogens with two attached hydrogens (primary N) is 1. The standard InChI is InChI=1S/C11H12BrN3O3S/c1-7-4-8(12)6-14-11(7)15-19(16,17)10-3-2-9(5-13)18-10/h2-4,6H,5,13H2,1H3,(H,14,15). The molecule has 0 bridgehead atoms. The van der Waals surface area contributed by atoms with Crippen LogP contribution in [0.4, 0.5) is 5.82 Å². The van der Waals surface area contributed by atoms with Crippen LogP contribution in [0.5, 0.6) is 0 Å². The van der Waals surface area contributed by atoms with E-state index in [-0.39, 0.29) is 17.5 Å². The van der Waals surface area contributed by atoms with Gasteiger partial charge in [-0.25, -0.2) is 4.98 Å². The van der Waals surface area contributed by atoms with Gasteiger partial charge in [0.1, 0.15) is 11.6 Å². The van der Waals surface area contributed by atoms with E-state index < -0.39 is 10.0 Å². The highest BCUT2D eigenvalue weighted by Crippen LogP contribution is 2.21. The van der Waals surface area contributed by atoms with Gasteiger partial charge in [-0.1, -0.05) is 0 Å². The fourth-order valence-electron chi connectivity index (χ4n) is 1.44. The summed E-state index contributed by atoms with van der Waals surface area (Å²) in [6, 6.07) is 4.65. The predicted molar refractivity (Wildman–Crippen MR) is 74.1 cm³/mol. The molecule has 6 nitrogen and oxygen atoms in total. The Hall–Kier alpha value is -1.38. The van der Waals surface area contributed by atoms with Crippen LogP contribution in [-0.2, 0) is 16.6 Å². The number of hydrogen-bond donors (Lipinski definition) is 2. The van der Waals surface area contributed by atoms with Crippen molar-refractivity contribution in [2.75, 3.05) is 4.72 Å². The monoisotopic (exact) mass is 345 g/mol. The minimum atomic E-state index is -3.79. The Balaban J connectivity index is 2.30. The quantitative estimate of drug-likeness (QED) is 0.882. The van der Waals surface area contributed by atoms with Crippen molar-refractivity contribution in [3.05, 3.63) is 40.2 Å². The minimum Gasteiger partial charge on any atom is -0.446 e. The summed E-state index contributed by atoms with van der Waals surface area (Å²) in [7, 11) is -3.79. The fraction of sp³-hybridized carbons (Fsp3) is 0.182. The van der Waals surface area contributed by atoms with E-state index in [9.17, 15) is 8.42 Å². The Morgan fingerprint density at radius 1 is 1.47 bits per heavy atom. The smallest absolute Gasteiger partial charge is 0.296 e. The van der Waals surface area contributed by atoms with Crippen LogP contribution in [-0.4, -0.2) is 13.4 Å². The molecule has 102 valence electrons. The normalized spacial score (nSPS) is 11.5. The number of aromatic nitrogens is 1. The van der Waals surface area contributed by atoms with E-state index in [2.05, 4.69) is 25.6 Å². The third kappa shape index (κ3) is 3.14. The largest absolute Gasteiger partial charge is 0.446 e. The highest BCUT2D eigenvalue weighted by molar-refractivity contribution is 9.10. The molecule has 3 N–H and O–H groups in total. The number of furan rings is 1. The zero-order valence-corrected chi connectivity index (χ0v) is 12.5. The molecular formula is C11H12BrN3O3S. The maximum absolute atomic E-state index is 12.1. The summed E-state index contributed by atoms with van der Waals surface area (Å²) in [5, 5.41) is -0.183. The molecule has 0 amide bonds. The number of sulfonamides is 1. The van der Waals surface area contributed by atoms with Gasteiger partial charge >= 0.3 is 0 Å². The van der Waals surface area contributed by atoms with Crippen molar-refractivity contribution >= 4 is 31.8 Å². The molecule has 0 aliphatic carbocycles. The first-order valence-electron chi connectivity index (χ1n) is 5.36. The molecule has 0 saturated carbocycles. The van der Waals surface area contributed by atoms with Gasteiger partial charge < -0.3 is 10.2 Å². The van der Waals surface area contributed by atoms with Gasteiger partial charge in [-0.3, -0.25) is 4.72 Å². The maximum atomic E-state index is 12.1. The van der Waals surface area contributed by atoms with Gasteiger partial charge in [0.05, 0.1) is 6.54 Å². The van der Waals surface area contributed by atoms with Crippen LogP contribution >= 0.6 is 15.9 Å². The minimum absolute atomic E-state index is 0.144. The van der Waals surface area contributed by atoms with Gasteiger partial charge in [0.15, 0.2) is 0 Å². The fourth-order valence-corrected chi connectivity index (χ4v) is 2.92. The zero-order valence-electron chi connectivity index (χ0n) is 10.1. The molecule has 0 spiro atoms. The molecule has 19 heavy (non-hydrogen) atoms. The number of nitrogens with zero attached hydrogens (tertiary/aromatic N) is 1. The Morgan fingerprint density at radius 2 is 2.21 bits per heavy atom. The van der Waals surface area contributed by atoms with Crippen LogP contribution in [0.25, 0.3) is 0 Å². The van der Waals surface area contributed by atoms with Crippen molar-refractivity contribution in [3.8, 4) is 0 Å². The summed E-state index contributed by atoms with van der Waals surface area (Å²) in [6.45, 7) is 1.90. The first-order chi connectivity index (χ1) is 8.92. The first kappa shape index (κ1) is 14.0. The number of halogens is 1. The molecule has 0 unspecified atom stereocenters. The molecule has 0 aliphatic heterocycles. The lowest BCUT2D eigenvalue weighted by molar-refractivity contribution is 0.417. The van der Waals surface area contributed by atoms with Crippen molar-refractivity contribution in [3.63, 3.8) is 0 Å². The molecule has 0 aliphatic rings. The van der Waals surface area contributed by atoms with Crippen molar-refractivity contribution in [1.29, 1.82) is 0 Å². The third-order valence-corrected chi connectivity index (χ3v) is 4.02. The molecule has 0 atom stereocenters. The number of anilines is 1. The molecule has 0 radical (unpaired) electrons. The molecule has 2 rings (SSSR count). The van der Waals surface area contributed by atoms with E-state index in [0.29, 0.717) is 11.3 Å². The number of hydrogen-bond acceptors (Lipinski definition) is 5. The second-order valence-electron chi connectivity index (χ2n) is 3.85. The molecule has 2 aromatic rings. The van der Waals surface area contributed by atoms with Gasteiger partial charge in [-0.15, -0.1) is 0 Å². The summed E-state index contributed by atoms with van der Waals surface area (Å²) in [6.07, 6.45) is 1.51. The molecule has 8 heteroatoms. The number of nitrogens with one attached hydrogen (secondary N) is 1. The highest BCUT2D eigenvalue weighted by atomic mass is 79.9. The molecule has 2 heterocycles. The molecular weight excluding hydrogens is 334 g/mol. The van der Waals surface area contributed by atoms with Gasteiger partial charge in [0, 0.05) is 10.7 Å². The zero-order chi connectivity index (χ0) is 14.0. The van der Waals surface area contributed by atoms with Crippen molar-refractivity contribution in [2.45, 2.75) is 18.6 Å². The Bertz CT molecular complexity index is 697. The molecule has 2 aromatic heterocycles. The average Bonchev–Trinajstić information content (AvgIpc) is 2.82. The van der Waals surface area contributed by atoms with Gasteiger partial charge in [-0.2, -0.15) is 8.42 Å². The SMILES string of the molecule is Cc1cc(Br)cnc1NS(=O)(=O)c1ccc(CN)o1. The lowest BCUT2D eigenvalue weighted by atomic mass is 10.3. The van der Waals surface area contributed by atoms with Crippen molar-refractivity contribution in [2.24, 2.45) is 5.73 Å². The first-order valence-corrected chi connectivity index (χ1v) is 7.64. The number of pyridine rings is 1. The second-order valence-corrected chi connectivity index (χ2v) is 6.38. The van der Waals surface area contributed by atoms with E-state index in [4.69, 9.17) is 10.2 Å². The highest BCUT2D eigenvalue weighted by Gasteiger charge is 2.20. The van der Waals surface area contributed by atoms with Gasteiger partial charge in [-0.05, 0) is 46.6 Å². The van der Waals surface area contributed by atoms with Gasteiger partial charge in [0.25, 0.3) is 10.0 Å². The summed E-state index contributed by atoms with van der Waals surface area (Å²) >= 11 is 3.26.